The maximum absolute atomic E-state index is 12.0. The first-order valence-corrected chi connectivity index (χ1v) is 5.42. The van der Waals surface area contributed by atoms with E-state index < -0.39 is 0 Å². The van der Waals surface area contributed by atoms with Gasteiger partial charge in [0.2, 0.25) is 5.91 Å². The molecule has 0 N–H and O–H groups in total. The molecule has 1 aliphatic rings. The van der Waals surface area contributed by atoms with Crippen LogP contribution in [0.3, 0.4) is 0 Å². The zero-order valence-electron chi connectivity index (χ0n) is 9.56. The van der Waals surface area contributed by atoms with Crippen molar-refractivity contribution in [1.29, 1.82) is 0 Å². The summed E-state index contributed by atoms with van der Waals surface area (Å²) in [5, 5.41) is 0. The molecule has 1 unspecified atom stereocenters. The SMILES string of the molecule is CN(C)C(=O)CC1Cc2ccccc2C1=O. The van der Waals surface area contributed by atoms with Crippen LogP contribution in [0, 0.1) is 5.92 Å². The van der Waals surface area contributed by atoms with Gasteiger partial charge in [0.1, 0.15) is 0 Å². The minimum atomic E-state index is -0.160. The predicted octanol–water partition coefficient (Wildman–Crippen LogP) is 1.52. The number of amides is 1. The number of fused-ring (bicyclic) bond motifs is 1. The molecule has 2 rings (SSSR count). The Balaban J connectivity index is 2.13. The molecule has 1 aromatic rings. The van der Waals surface area contributed by atoms with Crippen LogP contribution >= 0.6 is 0 Å². The summed E-state index contributed by atoms with van der Waals surface area (Å²) in [5.41, 5.74) is 1.86. The van der Waals surface area contributed by atoms with Crippen molar-refractivity contribution in [2.45, 2.75) is 12.8 Å². The molecule has 0 saturated carbocycles. The van der Waals surface area contributed by atoms with Gasteiger partial charge < -0.3 is 4.90 Å². The van der Waals surface area contributed by atoms with Crippen molar-refractivity contribution in [3.63, 3.8) is 0 Å². The van der Waals surface area contributed by atoms with Crippen LogP contribution in [0.2, 0.25) is 0 Å². The van der Waals surface area contributed by atoms with E-state index in [9.17, 15) is 9.59 Å². The van der Waals surface area contributed by atoms with Gasteiger partial charge in [-0.15, -0.1) is 0 Å². The van der Waals surface area contributed by atoms with Crippen molar-refractivity contribution in [2.75, 3.05) is 14.1 Å². The Morgan fingerprint density at radius 3 is 2.69 bits per heavy atom. The number of benzene rings is 1. The molecule has 1 amide bonds. The Labute approximate surface area is 95.1 Å². The van der Waals surface area contributed by atoms with E-state index in [1.54, 1.807) is 14.1 Å². The second-order valence-corrected chi connectivity index (χ2v) is 4.41. The molecule has 0 aliphatic heterocycles. The minimum absolute atomic E-state index is 0.0196. The summed E-state index contributed by atoms with van der Waals surface area (Å²) in [4.78, 5) is 25.1. The fourth-order valence-electron chi connectivity index (χ4n) is 2.07. The van der Waals surface area contributed by atoms with Gasteiger partial charge in [-0.1, -0.05) is 24.3 Å². The van der Waals surface area contributed by atoms with Gasteiger partial charge in [0.25, 0.3) is 0 Å². The standard InChI is InChI=1S/C13H15NO2/c1-14(2)12(15)8-10-7-9-5-3-4-6-11(9)13(10)16/h3-6,10H,7-8H2,1-2H3. The highest BCUT2D eigenvalue weighted by atomic mass is 16.2. The fraction of sp³-hybridized carbons (Fsp3) is 0.385. The number of hydrogen-bond acceptors (Lipinski definition) is 2. The second kappa shape index (κ2) is 4.08. The van der Waals surface area contributed by atoms with Crippen molar-refractivity contribution in [2.24, 2.45) is 5.92 Å². The lowest BCUT2D eigenvalue weighted by atomic mass is 10.0. The largest absolute Gasteiger partial charge is 0.349 e. The summed E-state index contributed by atoms with van der Waals surface area (Å²) in [6.07, 6.45) is 1.02. The molecule has 0 heterocycles. The lowest BCUT2D eigenvalue weighted by molar-refractivity contribution is -0.129. The predicted molar refractivity (Wildman–Crippen MR) is 61.3 cm³/mol. The molecule has 0 bridgehead atoms. The normalized spacial score (nSPS) is 18.4. The van der Waals surface area contributed by atoms with Gasteiger partial charge >= 0.3 is 0 Å². The Kier molecular flexibility index (Phi) is 2.77. The van der Waals surface area contributed by atoms with Crippen LogP contribution in [0.4, 0.5) is 0 Å². The molecule has 0 aromatic heterocycles. The van der Waals surface area contributed by atoms with Gasteiger partial charge in [-0.05, 0) is 12.0 Å². The Bertz CT molecular complexity index is 437. The van der Waals surface area contributed by atoms with Crippen molar-refractivity contribution in [1.82, 2.24) is 4.90 Å². The molecular weight excluding hydrogens is 202 g/mol. The molecule has 0 radical (unpaired) electrons. The zero-order valence-corrected chi connectivity index (χ0v) is 9.56. The van der Waals surface area contributed by atoms with Crippen LogP contribution in [0.25, 0.3) is 0 Å². The van der Waals surface area contributed by atoms with E-state index in [4.69, 9.17) is 0 Å². The van der Waals surface area contributed by atoms with E-state index in [-0.39, 0.29) is 17.6 Å². The van der Waals surface area contributed by atoms with Crippen LogP contribution < -0.4 is 0 Å². The van der Waals surface area contributed by atoms with Crippen LogP contribution in [0.5, 0.6) is 0 Å². The van der Waals surface area contributed by atoms with Gasteiger partial charge in [0, 0.05) is 32.0 Å². The minimum Gasteiger partial charge on any atom is -0.349 e. The summed E-state index contributed by atoms with van der Waals surface area (Å²) in [6, 6.07) is 7.61. The molecule has 3 heteroatoms. The monoisotopic (exact) mass is 217 g/mol. The van der Waals surface area contributed by atoms with E-state index in [1.807, 2.05) is 24.3 Å². The molecule has 1 aliphatic carbocycles. The lowest BCUT2D eigenvalue weighted by Gasteiger charge is -2.12. The maximum Gasteiger partial charge on any atom is 0.222 e. The number of nitrogens with zero attached hydrogens (tertiary/aromatic N) is 1. The quantitative estimate of drug-likeness (QED) is 0.753. The van der Waals surface area contributed by atoms with Crippen LogP contribution in [0.15, 0.2) is 24.3 Å². The molecule has 84 valence electrons. The average Bonchev–Trinajstić information content (AvgIpc) is 2.56. The van der Waals surface area contributed by atoms with Crippen LogP contribution in [0.1, 0.15) is 22.3 Å². The Morgan fingerprint density at radius 1 is 1.38 bits per heavy atom. The maximum atomic E-state index is 12.0. The number of rotatable bonds is 2. The third-order valence-corrected chi connectivity index (χ3v) is 3.04. The zero-order chi connectivity index (χ0) is 11.7. The smallest absolute Gasteiger partial charge is 0.222 e. The molecule has 1 atom stereocenters. The highest BCUT2D eigenvalue weighted by Crippen LogP contribution is 2.28. The molecule has 16 heavy (non-hydrogen) atoms. The first-order valence-electron chi connectivity index (χ1n) is 5.42. The van der Waals surface area contributed by atoms with Crippen LogP contribution in [-0.2, 0) is 11.2 Å². The molecule has 1 aromatic carbocycles. The molecule has 0 saturated heterocycles. The van der Waals surface area contributed by atoms with Gasteiger partial charge in [0.05, 0.1) is 0 Å². The topological polar surface area (TPSA) is 37.4 Å². The summed E-state index contributed by atoms with van der Waals surface area (Å²) >= 11 is 0. The summed E-state index contributed by atoms with van der Waals surface area (Å²) in [5.74, 6) is -0.0238. The van der Waals surface area contributed by atoms with Gasteiger partial charge in [0.15, 0.2) is 5.78 Å². The highest BCUT2D eigenvalue weighted by molar-refractivity contribution is 6.03. The third-order valence-electron chi connectivity index (χ3n) is 3.04. The third kappa shape index (κ3) is 1.85. The van der Waals surface area contributed by atoms with Crippen LogP contribution in [-0.4, -0.2) is 30.7 Å². The van der Waals surface area contributed by atoms with E-state index in [2.05, 4.69) is 0 Å². The Morgan fingerprint density at radius 2 is 2.06 bits per heavy atom. The van der Waals surface area contributed by atoms with E-state index in [1.165, 1.54) is 4.90 Å². The van der Waals surface area contributed by atoms with Crippen molar-refractivity contribution in [3.8, 4) is 0 Å². The van der Waals surface area contributed by atoms with E-state index >= 15 is 0 Å². The number of carbonyl (C=O) groups excluding carboxylic acids is 2. The summed E-state index contributed by atoms with van der Waals surface area (Å²) in [6.45, 7) is 0. The Hall–Kier alpha value is -1.64. The van der Waals surface area contributed by atoms with Gasteiger partial charge in [-0.25, -0.2) is 0 Å². The fourth-order valence-corrected chi connectivity index (χ4v) is 2.07. The number of ketones is 1. The summed E-state index contributed by atoms with van der Waals surface area (Å²) < 4.78 is 0. The van der Waals surface area contributed by atoms with E-state index in [0.717, 1.165) is 11.1 Å². The first-order chi connectivity index (χ1) is 7.59. The number of carbonyl (C=O) groups is 2. The highest BCUT2D eigenvalue weighted by Gasteiger charge is 2.31. The molecule has 3 nitrogen and oxygen atoms in total. The van der Waals surface area contributed by atoms with Crippen molar-refractivity contribution in [3.05, 3.63) is 35.4 Å². The molecule has 0 spiro atoms. The molecular formula is C13H15NO2. The van der Waals surface area contributed by atoms with Crippen molar-refractivity contribution < 1.29 is 9.59 Å². The number of Topliss-reactive ketones (excluding diaryl/α,β-unsaturated/α-hetero) is 1. The number of hydrogen-bond donors (Lipinski definition) is 0. The van der Waals surface area contributed by atoms with E-state index in [0.29, 0.717) is 12.8 Å². The average molecular weight is 217 g/mol. The van der Waals surface area contributed by atoms with Gasteiger partial charge in [-0.2, -0.15) is 0 Å². The lowest BCUT2D eigenvalue weighted by Crippen LogP contribution is -2.26. The first kappa shape index (κ1) is 10.9. The van der Waals surface area contributed by atoms with Crippen molar-refractivity contribution >= 4 is 11.7 Å². The van der Waals surface area contributed by atoms with Gasteiger partial charge in [-0.3, -0.25) is 9.59 Å². The second-order valence-electron chi connectivity index (χ2n) is 4.41. The summed E-state index contributed by atoms with van der Waals surface area (Å²) in [7, 11) is 3.43. The molecule has 0 fully saturated rings.